The lowest BCUT2D eigenvalue weighted by molar-refractivity contribution is -0.137. The first-order valence-corrected chi connectivity index (χ1v) is 10.5. The molecule has 0 aliphatic carbocycles. The maximum atomic E-state index is 13.6. The Morgan fingerprint density at radius 2 is 1.53 bits per heavy atom. The maximum absolute atomic E-state index is 13.6. The molecule has 5 heteroatoms. The number of nitrogens with zero attached hydrogens (tertiary/aromatic N) is 1. The number of carbonyl (C=O) groups is 2. The molecule has 0 radical (unpaired) electrons. The van der Waals surface area contributed by atoms with Gasteiger partial charge in [0.15, 0.2) is 0 Å². The zero-order valence-electron chi connectivity index (χ0n) is 18.7. The SMILES string of the molecule is COc1ccccc1CN1C(=O)C(Nc2ccccc2C)=C(c2ccc(C)c(C)c2)C1=O. The van der Waals surface area contributed by atoms with E-state index in [0.717, 1.165) is 33.5 Å². The fraction of sp³-hybridized carbons (Fsp3) is 0.185. The van der Waals surface area contributed by atoms with Crippen LogP contribution in [0.4, 0.5) is 5.69 Å². The summed E-state index contributed by atoms with van der Waals surface area (Å²) in [5.41, 5.74) is 6.16. The monoisotopic (exact) mass is 426 g/mol. The van der Waals surface area contributed by atoms with Crippen LogP contribution in [-0.2, 0) is 16.1 Å². The summed E-state index contributed by atoms with van der Waals surface area (Å²) < 4.78 is 5.43. The van der Waals surface area contributed by atoms with E-state index >= 15 is 0 Å². The van der Waals surface area contributed by atoms with E-state index in [9.17, 15) is 9.59 Å². The smallest absolute Gasteiger partial charge is 0.278 e. The summed E-state index contributed by atoms with van der Waals surface area (Å²) >= 11 is 0. The lowest BCUT2D eigenvalue weighted by Crippen LogP contribution is -2.32. The molecule has 1 aliphatic rings. The fourth-order valence-corrected chi connectivity index (χ4v) is 3.85. The number of rotatable bonds is 6. The topological polar surface area (TPSA) is 58.6 Å². The molecular weight excluding hydrogens is 400 g/mol. The van der Waals surface area contributed by atoms with Gasteiger partial charge in [-0.1, -0.05) is 54.6 Å². The van der Waals surface area contributed by atoms with E-state index in [0.29, 0.717) is 17.0 Å². The Kier molecular flexibility index (Phi) is 5.82. The average Bonchev–Trinajstić information content (AvgIpc) is 3.02. The lowest BCUT2D eigenvalue weighted by atomic mass is 9.99. The number of benzene rings is 3. The normalized spacial score (nSPS) is 13.7. The number of imide groups is 1. The second-order valence-electron chi connectivity index (χ2n) is 8.00. The summed E-state index contributed by atoms with van der Waals surface area (Å²) in [6, 6.07) is 21.0. The molecular formula is C27H26N2O3. The molecule has 0 aromatic heterocycles. The minimum absolute atomic E-state index is 0.134. The Hall–Kier alpha value is -3.86. The first-order valence-electron chi connectivity index (χ1n) is 10.5. The zero-order valence-corrected chi connectivity index (χ0v) is 18.7. The highest BCUT2D eigenvalue weighted by Gasteiger charge is 2.39. The van der Waals surface area contributed by atoms with Crippen molar-refractivity contribution in [2.24, 2.45) is 0 Å². The third kappa shape index (κ3) is 3.89. The van der Waals surface area contributed by atoms with Crippen LogP contribution >= 0.6 is 0 Å². The molecule has 0 bridgehead atoms. The summed E-state index contributed by atoms with van der Waals surface area (Å²) in [7, 11) is 1.58. The average molecular weight is 427 g/mol. The Morgan fingerprint density at radius 1 is 0.812 bits per heavy atom. The Morgan fingerprint density at radius 3 is 2.25 bits per heavy atom. The highest BCUT2D eigenvalue weighted by molar-refractivity contribution is 6.36. The predicted octanol–water partition coefficient (Wildman–Crippen LogP) is 5.01. The molecule has 0 unspecified atom stereocenters. The molecule has 0 saturated heterocycles. The van der Waals surface area contributed by atoms with Crippen molar-refractivity contribution in [2.75, 3.05) is 12.4 Å². The largest absolute Gasteiger partial charge is 0.496 e. The van der Waals surface area contributed by atoms with Crippen molar-refractivity contribution in [3.8, 4) is 5.75 Å². The van der Waals surface area contributed by atoms with Gasteiger partial charge in [0.1, 0.15) is 11.4 Å². The summed E-state index contributed by atoms with van der Waals surface area (Å²) in [6.07, 6.45) is 0. The molecule has 0 atom stereocenters. The Bertz CT molecular complexity index is 1240. The molecule has 0 fully saturated rings. The summed E-state index contributed by atoms with van der Waals surface area (Å²) in [4.78, 5) is 28.4. The van der Waals surface area contributed by atoms with Gasteiger partial charge < -0.3 is 10.1 Å². The molecule has 32 heavy (non-hydrogen) atoms. The Labute approximate surface area is 188 Å². The lowest BCUT2D eigenvalue weighted by Gasteiger charge is -2.17. The van der Waals surface area contributed by atoms with Gasteiger partial charge >= 0.3 is 0 Å². The van der Waals surface area contributed by atoms with E-state index in [2.05, 4.69) is 5.32 Å². The van der Waals surface area contributed by atoms with Crippen LogP contribution in [0.2, 0.25) is 0 Å². The van der Waals surface area contributed by atoms with Crippen molar-refractivity contribution in [1.29, 1.82) is 0 Å². The Balaban J connectivity index is 1.79. The quantitative estimate of drug-likeness (QED) is 0.563. The van der Waals surface area contributed by atoms with Gasteiger partial charge in [0.2, 0.25) is 0 Å². The zero-order chi connectivity index (χ0) is 22.8. The minimum atomic E-state index is -0.350. The van der Waals surface area contributed by atoms with Crippen molar-refractivity contribution in [1.82, 2.24) is 4.90 Å². The van der Waals surface area contributed by atoms with E-state index in [4.69, 9.17) is 4.74 Å². The van der Waals surface area contributed by atoms with Gasteiger partial charge in [0, 0.05) is 11.3 Å². The second-order valence-corrected chi connectivity index (χ2v) is 8.00. The molecule has 0 spiro atoms. The van der Waals surface area contributed by atoms with E-state index in [1.54, 1.807) is 7.11 Å². The van der Waals surface area contributed by atoms with Crippen molar-refractivity contribution in [3.63, 3.8) is 0 Å². The highest BCUT2D eigenvalue weighted by atomic mass is 16.5. The van der Waals surface area contributed by atoms with Gasteiger partial charge in [-0.25, -0.2) is 0 Å². The molecule has 2 amide bonds. The number of carbonyl (C=O) groups excluding carboxylic acids is 2. The van der Waals surface area contributed by atoms with Crippen molar-refractivity contribution in [3.05, 3.63) is 100 Å². The maximum Gasteiger partial charge on any atom is 0.278 e. The van der Waals surface area contributed by atoms with E-state index < -0.39 is 0 Å². The number of para-hydroxylation sites is 2. The summed E-state index contributed by atoms with van der Waals surface area (Å²) in [5, 5.41) is 3.25. The number of amides is 2. The predicted molar refractivity (Wildman–Crippen MR) is 126 cm³/mol. The first kappa shape index (κ1) is 21.4. The third-order valence-electron chi connectivity index (χ3n) is 5.89. The molecule has 0 saturated carbocycles. The summed E-state index contributed by atoms with van der Waals surface area (Å²) in [6.45, 7) is 6.12. The van der Waals surface area contributed by atoms with Crippen LogP contribution in [0.3, 0.4) is 0 Å². The van der Waals surface area contributed by atoms with Gasteiger partial charge in [-0.3, -0.25) is 14.5 Å². The minimum Gasteiger partial charge on any atom is -0.496 e. The highest BCUT2D eigenvalue weighted by Crippen LogP contribution is 2.34. The van der Waals surface area contributed by atoms with Crippen LogP contribution < -0.4 is 10.1 Å². The van der Waals surface area contributed by atoms with E-state index in [1.165, 1.54) is 4.90 Å². The van der Waals surface area contributed by atoms with Crippen LogP contribution in [0.25, 0.3) is 5.57 Å². The van der Waals surface area contributed by atoms with Crippen molar-refractivity contribution >= 4 is 23.1 Å². The van der Waals surface area contributed by atoms with Crippen LogP contribution in [0.15, 0.2) is 72.4 Å². The number of methoxy groups -OCH3 is 1. The van der Waals surface area contributed by atoms with Crippen LogP contribution in [0.5, 0.6) is 5.75 Å². The third-order valence-corrected chi connectivity index (χ3v) is 5.89. The second kappa shape index (κ2) is 8.71. The van der Waals surface area contributed by atoms with Crippen LogP contribution in [0.1, 0.15) is 27.8 Å². The first-order chi connectivity index (χ1) is 15.4. The van der Waals surface area contributed by atoms with Crippen molar-refractivity contribution in [2.45, 2.75) is 27.3 Å². The fourth-order valence-electron chi connectivity index (χ4n) is 3.85. The molecule has 5 nitrogen and oxygen atoms in total. The molecule has 162 valence electrons. The van der Waals surface area contributed by atoms with Gasteiger partial charge in [0.25, 0.3) is 11.8 Å². The molecule has 3 aromatic rings. The van der Waals surface area contributed by atoms with Crippen molar-refractivity contribution < 1.29 is 14.3 Å². The van der Waals surface area contributed by atoms with Crippen LogP contribution in [-0.4, -0.2) is 23.8 Å². The molecule has 4 rings (SSSR count). The van der Waals surface area contributed by atoms with Gasteiger partial charge in [-0.15, -0.1) is 0 Å². The number of aryl methyl sites for hydroxylation is 3. The molecule has 3 aromatic carbocycles. The number of nitrogens with one attached hydrogen (secondary N) is 1. The number of hydrogen-bond donors (Lipinski definition) is 1. The summed E-state index contributed by atoms with van der Waals surface area (Å²) in [5.74, 6) is -0.0289. The molecule has 1 N–H and O–H groups in total. The van der Waals surface area contributed by atoms with Gasteiger partial charge in [-0.2, -0.15) is 0 Å². The number of ether oxygens (including phenoxy) is 1. The van der Waals surface area contributed by atoms with E-state index in [-0.39, 0.29) is 18.4 Å². The standard InChI is InChI=1S/C27H26N2O3/c1-17-13-14-20(15-19(17)3)24-25(28-22-11-7-5-9-18(22)2)27(31)29(26(24)30)16-21-10-6-8-12-23(21)32-4/h5-15,28H,16H2,1-4H3. The van der Waals surface area contributed by atoms with E-state index in [1.807, 2.05) is 87.5 Å². The van der Waals surface area contributed by atoms with Gasteiger partial charge in [0.05, 0.1) is 19.2 Å². The molecule has 1 aliphatic heterocycles. The van der Waals surface area contributed by atoms with Gasteiger partial charge in [-0.05, 0) is 55.2 Å². The number of hydrogen-bond acceptors (Lipinski definition) is 4. The number of anilines is 1. The van der Waals surface area contributed by atoms with Crippen LogP contribution in [0, 0.1) is 20.8 Å². The molecule has 1 heterocycles.